The van der Waals surface area contributed by atoms with Crippen molar-refractivity contribution < 1.29 is 9.53 Å². The van der Waals surface area contributed by atoms with Gasteiger partial charge in [-0.1, -0.05) is 29.8 Å². The van der Waals surface area contributed by atoms with Crippen molar-refractivity contribution in [3.05, 3.63) is 85.8 Å². The number of benzene rings is 3. The first-order chi connectivity index (χ1) is 13.9. The van der Waals surface area contributed by atoms with Crippen LogP contribution in [0.3, 0.4) is 0 Å². The zero-order chi connectivity index (χ0) is 20.8. The summed E-state index contributed by atoms with van der Waals surface area (Å²) in [7, 11) is 0. The van der Waals surface area contributed by atoms with Crippen molar-refractivity contribution in [3.8, 4) is 5.75 Å². The number of hydrogen-bond donors (Lipinski definition) is 2. The Labute approximate surface area is 191 Å². The van der Waals surface area contributed by atoms with E-state index in [1.807, 2.05) is 67.6 Å². The normalized spacial score (nSPS) is 10.5. The van der Waals surface area contributed by atoms with Gasteiger partial charge in [0, 0.05) is 22.4 Å². The van der Waals surface area contributed by atoms with Crippen LogP contribution in [0.5, 0.6) is 5.75 Å². The molecule has 4 nitrogen and oxygen atoms in total. The largest absolute Gasteiger partial charge is 0.483 e. The lowest BCUT2D eigenvalue weighted by atomic mass is 10.2. The average molecular weight is 539 g/mol. The molecule has 0 fully saturated rings. The number of halogens is 3. The molecule has 0 aliphatic rings. The maximum atomic E-state index is 12.1. The number of nitrogens with one attached hydrogen (secondary N) is 2. The average Bonchev–Trinajstić information content (AvgIpc) is 2.68. The van der Waals surface area contributed by atoms with Crippen LogP contribution in [0.2, 0.25) is 5.02 Å². The molecule has 0 atom stereocenters. The Morgan fingerprint density at radius 2 is 1.83 bits per heavy atom. The highest BCUT2D eigenvalue weighted by atomic mass is 79.9. The molecule has 29 heavy (non-hydrogen) atoms. The van der Waals surface area contributed by atoms with E-state index in [1.54, 1.807) is 0 Å². The lowest BCUT2D eigenvalue weighted by Crippen LogP contribution is -2.20. The van der Waals surface area contributed by atoms with Crippen LogP contribution >= 0.6 is 43.5 Å². The number of carbonyl (C=O) groups is 1. The molecule has 0 aliphatic heterocycles. The van der Waals surface area contributed by atoms with Gasteiger partial charge < -0.3 is 15.4 Å². The summed E-state index contributed by atoms with van der Waals surface area (Å²) in [5.41, 5.74) is 3.84. The highest BCUT2D eigenvalue weighted by molar-refractivity contribution is 9.10. The van der Waals surface area contributed by atoms with Crippen LogP contribution in [0.25, 0.3) is 0 Å². The van der Waals surface area contributed by atoms with E-state index in [0.29, 0.717) is 17.3 Å². The fourth-order valence-corrected chi connectivity index (χ4v) is 3.61. The molecule has 0 radical (unpaired) electrons. The van der Waals surface area contributed by atoms with E-state index in [2.05, 4.69) is 42.5 Å². The fourth-order valence-electron chi connectivity index (χ4n) is 2.64. The molecule has 0 saturated carbocycles. The highest BCUT2D eigenvalue weighted by Gasteiger charge is 2.08. The smallest absolute Gasteiger partial charge is 0.262 e. The third-order valence-electron chi connectivity index (χ3n) is 4.07. The Bertz CT molecular complexity index is 1030. The predicted octanol–water partition coefficient (Wildman–Crippen LogP) is 6.80. The van der Waals surface area contributed by atoms with Gasteiger partial charge in [-0.3, -0.25) is 4.79 Å². The molecule has 150 valence electrons. The number of amides is 1. The first kappa shape index (κ1) is 21.7. The minimum Gasteiger partial charge on any atom is -0.483 e. The summed E-state index contributed by atoms with van der Waals surface area (Å²) in [4.78, 5) is 12.1. The molecule has 2 N–H and O–H groups in total. The molecule has 0 aliphatic carbocycles. The predicted molar refractivity (Wildman–Crippen MR) is 126 cm³/mol. The molecule has 0 unspecified atom stereocenters. The summed E-state index contributed by atoms with van der Waals surface area (Å²) < 4.78 is 7.29. The summed E-state index contributed by atoms with van der Waals surface area (Å²) >= 11 is 13.0. The molecular weight excluding hydrogens is 520 g/mol. The number of ether oxygens (including phenoxy) is 1. The van der Waals surface area contributed by atoms with Crippen LogP contribution in [0.4, 0.5) is 11.4 Å². The SMILES string of the molecule is Cc1cccc(NC(=O)COc2ccc(CNc3ccc(Br)c(Cl)c3)cc2Br)c1. The van der Waals surface area contributed by atoms with Crippen molar-refractivity contribution in [2.75, 3.05) is 17.2 Å². The minimum atomic E-state index is -0.208. The molecule has 3 aromatic carbocycles. The molecule has 0 aromatic heterocycles. The van der Waals surface area contributed by atoms with E-state index in [4.69, 9.17) is 16.3 Å². The quantitative estimate of drug-likeness (QED) is 0.348. The number of hydrogen-bond acceptors (Lipinski definition) is 3. The van der Waals surface area contributed by atoms with Gasteiger partial charge in [0.05, 0.1) is 9.50 Å². The Kier molecular flexibility index (Phi) is 7.58. The maximum absolute atomic E-state index is 12.1. The van der Waals surface area contributed by atoms with Crippen molar-refractivity contribution in [1.29, 1.82) is 0 Å². The Morgan fingerprint density at radius 3 is 2.55 bits per heavy atom. The van der Waals surface area contributed by atoms with Gasteiger partial charge in [0.1, 0.15) is 5.75 Å². The van der Waals surface area contributed by atoms with Crippen molar-refractivity contribution in [2.24, 2.45) is 0 Å². The second kappa shape index (κ2) is 10.1. The Morgan fingerprint density at radius 1 is 1.00 bits per heavy atom. The van der Waals surface area contributed by atoms with E-state index in [-0.39, 0.29) is 12.5 Å². The van der Waals surface area contributed by atoms with E-state index in [1.165, 1.54) is 0 Å². The van der Waals surface area contributed by atoms with Gasteiger partial charge in [-0.25, -0.2) is 0 Å². The molecule has 3 aromatic rings. The standard InChI is InChI=1S/C22H19Br2ClN2O2/c1-14-3-2-4-17(9-14)27-22(28)13-29-21-8-5-15(10-19(21)24)12-26-16-6-7-18(23)20(25)11-16/h2-11,26H,12-13H2,1H3,(H,27,28). The van der Waals surface area contributed by atoms with Crippen LogP contribution in [-0.4, -0.2) is 12.5 Å². The van der Waals surface area contributed by atoms with Gasteiger partial charge in [-0.15, -0.1) is 0 Å². The Balaban J connectivity index is 1.53. The summed E-state index contributed by atoms with van der Waals surface area (Å²) in [5, 5.41) is 6.81. The fraction of sp³-hybridized carbons (Fsp3) is 0.136. The van der Waals surface area contributed by atoms with Crippen molar-refractivity contribution in [2.45, 2.75) is 13.5 Å². The molecule has 0 spiro atoms. The van der Waals surface area contributed by atoms with E-state index in [0.717, 1.165) is 31.4 Å². The monoisotopic (exact) mass is 536 g/mol. The van der Waals surface area contributed by atoms with E-state index in [9.17, 15) is 4.79 Å². The molecule has 3 rings (SSSR count). The van der Waals surface area contributed by atoms with Crippen LogP contribution in [0.1, 0.15) is 11.1 Å². The summed E-state index contributed by atoms with van der Waals surface area (Å²) in [5.74, 6) is 0.403. The summed E-state index contributed by atoms with van der Waals surface area (Å²) in [6, 6.07) is 19.1. The summed E-state index contributed by atoms with van der Waals surface area (Å²) in [6.45, 7) is 2.54. The first-order valence-electron chi connectivity index (χ1n) is 8.87. The van der Waals surface area contributed by atoms with E-state index < -0.39 is 0 Å². The van der Waals surface area contributed by atoms with Gasteiger partial charge in [0.2, 0.25) is 0 Å². The maximum Gasteiger partial charge on any atom is 0.262 e. The number of aryl methyl sites for hydroxylation is 1. The zero-order valence-electron chi connectivity index (χ0n) is 15.6. The van der Waals surface area contributed by atoms with Crippen LogP contribution in [0, 0.1) is 6.92 Å². The van der Waals surface area contributed by atoms with Gasteiger partial charge in [-0.05, 0) is 92.4 Å². The number of anilines is 2. The molecule has 1 amide bonds. The van der Waals surface area contributed by atoms with Crippen LogP contribution in [0.15, 0.2) is 69.6 Å². The molecule has 7 heteroatoms. The lowest BCUT2D eigenvalue weighted by Gasteiger charge is -2.12. The van der Waals surface area contributed by atoms with Crippen LogP contribution < -0.4 is 15.4 Å². The lowest BCUT2D eigenvalue weighted by molar-refractivity contribution is -0.118. The van der Waals surface area contributed by atoms with Crippen LogP contribution in [-0.2, 0) is 11.3 Å². The first-order valence-corrected chi connectivity index (χ1v) is 10.8. The highest BCUT2D eigenvalue weighted by Crippen LogP contribution is 2.28. The Hall–Kier alpha value is -2.02. The van der Waals surface area contributed by atoms with Gasteiger partial charge in [0.15, 0.2) is 6.61 Å². The van der Waals surface area contributed by atoms with Crippen molar-refractivity contribution in [3.63, 3.8) is 0 Å². The number of carbonyl (C=O) groups excluding carboxylic acids is 1. The third-order valence-corrected chi connectivity index (χ3v) is 5.93. The molecule has 0 bridgehead atoms. The van der Waals surface area contributed by atoms with Gasteiger partial charge in [0.25, 0.3) is 5.91 Å². The van der Waals surface area contributed by atoms with E-state index >= 15 is 0 Å². The second-order valence-corrected chi connectivity index (χ2v) is 8.57. The third kappa shape index (κ3) is 6.49. The topological polar surface area (TPSA) is 50.4 Å². The van der Waals surface area contributed by atoms with Gasteiger partial charge in [-0.2, -0.15) is 0 Å². The minimum absolute atomic E-state index is 0.0679. The summed E-state index contributed by atoms with van der Waals surface area (Å²) in [6.07, 6.45) is 0. The zero-order valence-corrected chi connectivity index (χ0v) is 19.6. The number of rotatable bonds is 7. The molecule has 0 heterocycles. The van der Waals surface area contributed by atoms with Crippen molar-refractivity contribution in [1.82, 2.24) is 0 Å². The molecule has 0 saturated heterocycles. The molecular formula is C22H19Br2ClN2O2. The van der Waals surface area contributed by atoms with Crippen molar-refractivity contribution >= 4 is 60.7 Å². The van der Waals surface area contributed by atoms with Gasteiger partial charge >= 0.3 is 0 Å². The second-order valence-electron chi connectivity index (χ2n) is 6.45.